The van der Waals surface area contributed by atoms with E-state index in [2.05, 4.69) is 21.1 Å². The third-order valence-corrected chi connectivity index (χ3v) is 4.89. The van der Waals surface area contributed by atoms with Crippen LogP contribution in [0.4, 0.5) is 4.39 Å². The zero-order valence-corrected chi connectivity index (χ0v) is 14.8. The van der Waals surface area contributed by atoms with E-state index < -0.39 is 0 Å². The maximum absolute atomic E-state index is 14.6. The fourth-order valence-corrected chi connectivity index (χ4v) is 3.43. The van der Waals surface area contributed by atoms with Gasteiger partial charge >= 0.3 is 0 Å². The van der Waals surface area contributed by atoms with Crippen molar-refractivity contribution in [3.05, 3.63) is 65.9 Å². The number of nitrogens with two attached hydrogens (primary N) is 1. The van der Waals surface area contributed by atoms with Crippen molar-refractivity contribution in [2.24, 2.45) is 17.8 Å². The first-order chi connectivity index (χ1) is 12.6. The SMILES string of the molecule is C[n+]1ccc2c(ccn2Cc2ccc(C(N)=NC3CCNC3)cc2F)c1. The largest absolute Gasteiger partial charge is 0.383 e. The highest BCUT2D eigenvalue weighted by molar-refractivity contribution is 5.97. The Morgan fingerprint density at radius 2 is 2.27 bits per heavy atom. The summed E-state index contributed by atoms with van der Waals surface area (Å²) in [6.45, 7) is 2.27. The standard InChI is InChI=1S/C20H23FN5/c1-25-8-6-19-16(12-25)5-9-26(19)13-15-3-2-14(10-18(15)21)20(22)24-17-4-7-23-11-17/h2-3,5-6,8-10,12,17,23H,4,7,11,13H2,1H3,(H2,22,24)/q+1. The number of nitrogens with one attached hydrogen (secondary N) is 1. The van der Waals surface area contributed by atoms with Gasteiger partial charge in [-0.1, -0.05) is 12.1 Å². The molecule has 0 spiro atoms. The van der Waals surface area contributed by atoms with E-state index in [0.717, 1.165) is 30.4 Å². The summed E-state index contributed by atoms with van der Waals surface area (Å²) in [7, 11) is 1.99. The highest BCUT2D eigenvalue weighted by Crippen LogP contribution is 2.18. The summed E-state index contributed by atoms with van der Waals surface area (Å²) in [6, 6.07) is 9.41. The molecule has 6 heteroatoms. The van der Waals surface area contributed by atoms with Gasteiger partial charge in [0.1, 0.15) is 18.7 Å². The fourth-order valence-electron chi connectivity index (χ4n) is 3.43. The summed E-state index contributed by atoms with van der Waals surface area (Å²) in [6.07, 6.45) is 7.01. The highest BCUT2D eigenvalue weighted by Gasteiger charge is 2.15. The second-order valence-corrected chi connectivity index (χ2v) is 6.86. The molecule has 3 aromatic rings. The van der Waals surface area contributed by atoms with E-state index in [1.807, 2.05) is 42.2 Å². The second-order valence-electron chi connectivity index (χ2n) is 6.86. The zero-order valence-electron chi connectivity index (χ0n) is 14.8. The molecular weight excluding hydrogens is 329 g/mol. The number of hydrogen-bond acceptors (Lipinski definition) is 2. The van der Waals surface area contributed by atoms with Gasteiger partial charge in [-0.3, -0.25) is 4.99 Å². The van der Waals surface area contributed by atoms with Crippen molar-refractivity contribution in [3.63, 3.8) is 0 Å². The summed E-state index contributed by atoms with van der Waals surface area (Å²) in [5, 5.41) is 4.38. The number of rotatable bonds is 4. The van der Waals surface area contributed by atoms with Crippen LogP contribution in [0.15, 0.2) is 53.9 Å². The van der Waals surface area contributed by atoms with Gasteiger partial charge in [-0.25, -0.2) is 8.96 Å². The molecule has 0 amide bonds. The van der Waals surface area contributed by atoms with Gasteiger partial charge < -0.3 is 15.6 Å². The van der Waals surface area contributed by atoms with Crippen LogP contribution in [0.2, 0.25) is 0 Å². The first-order valence-corrected chi connectivity index (χ1v) is 8.87. The van der Waals surface area contributed by atoms with E-state index in [4.69, 9.17) is 5.73 Å². The minimum absolute atomic E-state index is 0.185. The topological polar surface area (TPSA) is 59.2 Å². The highest BCUT2D eigenvalue weighted by atomic mass is 19.1. The number of hydrogen-bond donors (Lipinski definition) is 2. The Bertz CT molecular complexity index is 969. The van der Waals surface area contributed by atoms with Crippen molar-refractivity contribution >= 4 is 16.7 Å². The number of halogens is 1. The fraction of sp³-hybridized carbons (Fsp3) is 0.300. The molecule has 0 radical (unpaired) electrons. The van der Waals surface area contributed by atoms with Gasteiger partial charge in [0.05, 0.1) is 23.5 Å². The summed E-state index contributed by atoms with van der Waals surface area (Å²) in [5.41, 5.74) is 8.43. The summed E-state index contributed by atoms with van der Waals surface area (Å²) < 4.78 is 18.7. The monoisotopic (exact) mass is 352 g/mol. The number of nitrogens with zero attached hydrogens (tertiary/aromatic N) is 3. The first-order valence-electron chi connectivity index (χ1n) is 8.87. The van der Waals surface area contributed by atoms with Crippen LogP contribution in [0, 0.1) is 5.82 Å². The van der Waals surface area contributed by atoms with Crippen molar-refractivity contribution in [2.45, 2.75) is 19.0 Å². The molecule has 3 heterocycles. The Morgan fingerprint density at radius 1 is 1.38 bits per heavy atom. The van der Waals surface area contributed by atoms with E-state index in [-0.39, 0.29) is 11.9 Å². The summed E-state index contributed by atoms with van der Waals surface area (Å²) in [4.78, 5) is 4.50. The smallest absolute Gasteiger partial charge is 0.177 e. The molecule has 4 rings (SSSR count). The lowest BCUT2D eigenvalue weighted by Crippen LogP contribution is -2.25. The van der Waals surface area contributed by atoms with Crippen LogP contribution >= 0.6 is 0 Å². The number of amidine groups is 1. The lowest BCUT2D eigenvalue weighted by atomic mass is 10.1. The van der Waals surface area contributed by atoms with E-state index in [1.54, 1.807) is 6.07 Å². The first kappa shape index (κ1) is 16.7. The Kier molecular flexibility index (Phi) is 4.42. The average Bonchev–Trinajstić information content (AvgIpc) is 3.26. The van der Waals surface area contributed by atoms with Crippen molar-refractivity contribution in [3.8, 4) is 0 Å². The molecule has 1 unspecified atom stereocenters. The molecular formula is C20H23FN5+. The van der Waals surface area contributed by atoms with Gasteiger partial charge in [-0.15, -0.1) is 0 Å². The average molecular weight is 352 g/mol. The van der Waals surface area contributed by atoms with E-state index in [0.29, 0.717) is 23.5 Å². The molecule has 1 atom stereocenters. The predicted octanol–water partition coefficient (Wildman–Crippen LogP) is 1.72. The molecule has 0 saturated carbocycles. The van der Waals surface area contributed by atoms with E-state index in [9.17, 15) is 4.39 Å². The van der Waals surface area contributed by atoms with Crippen molar-refractivity contribution in [1.82, 2.24) is 9.88 Å². The number of aliphatic imine (C=N–C) groups is 1. The lowest BCUT2D eigenvalue weighted by molar-refractivity contribution is -0.670. The van der Waals surface area contributed by atoms with Crippen LogP contribution in [-0.4, -0.2) is 29.5 Å². The summed E-state index contributed by atoms with van der Waals surface area (Å²) in [5.74, 6) is 0.150. The van der Waals surface area contributed by atoms with Crippen molar-refractivity contribution in [1.29, 1.82) is 0 Å². The van der Waals surface area contributed by atoms with Gasteiger partial charge in [-0.05, 0) is 25.1 Å². The van der Waals surface area contributed by atoms with Crippen LogP contribution in [0.3, 0.4) is 0 Å². The van der Waals surface area contributed by atoms with E-state index in [1.165, 1.54) is 6.07 Å². The third-order valence-electron chi connectivity index (χ3n) is 4.89. The maximum atomic E-state index is 14.6. The van der Waals surface area contributed by atoms with Gasteiger partial charge in [0.2, 0.25) is 0 Å². The normalized spacial score (nSPS) is 17.9. The number of aryl methyl sites for hydroxylation is 1. The maximum Gasteiger partial charge on any atom is 0.177 e. The van der Waals surface area contributed by atoms with Crippen LogP contribution in [0.25, 0.3) is 10.9 Å². The van der Waals surface area contributed by atoms with Crippen LogP contribution < -0.4 is 15.6 Å². The minimum atomic E-state index is -0.256. The number of aromatic nitrogens is 2. The van der Waals surface area contributed by atoms with Crippen molar-refractivity contribution in [2.75, 3.05) is 13.1 Å². The van der Waals surface area contributed by atoms with Crippen LogP contribution in [0.5, 0.6) is 0 Å². The van der Waals surface area contributed by atoms with Crippen LogP contribution in [-0.2, 0) is 13.6 Å². The lowest BCUT2D eigenvalue weighted by Gasteiger charge is -2.10. The second kappa shape index (κ2) is 6.88. The quantitative estimate of drug-likeness (QED) is 0.427. The molecule has 134 valence electrons. The molecule has 1 saturated heterocycles. The molecule has 1 aliphatic rings. The molecule has 5 nitrogen and oxygen atoms in total. The predicted molar refractivity (Wildman–Crippen MR) is 101 cm³/mol. The Morgan fingerprint density at radius 3 is 3.04 bits per heavy atom. The molecule has 0 aliphatic carbocycles. The molecule has 26 heavy (non-hydrogen) atoms. The molecule has 3 N–H and O–H groups in total. The van der Waals surface area contributed by atoms with Gasteiger partial charge in [0, 0.05) is 29.9 Å². The third kappa shape index (κ3) is 3.32. The molecule has 2 aromatic heterocycles. The Balaban J connectivity index is 1.57. The Labute approximate surface area is 152 Å². The molecule has 1 fully saturated rings. The molecule has 1 aliphatic heterocycles. The Hall–Kier alpha value is -2.73. The minimum Gasteiger partial charge on any atom is -0.383 e. The molecule has 1 aromatic carbocycles. The van der Waals surface area contributed by atoms with Gasteiger partial charge in [-0.2, -0.15) is 0 Å². The van der Waals surface area contributed by atoms with E-state index >= 15 is 0 Å². The van der Waals surface area contributed by atoms with Gasteiger partial charge in [0.25, 0.3) is 0 Å². The summed E-state index contributed by atoms with van der Waals surface area (Å²) >= 11 is 0. The van der Waals surface area contributed by atoms with Gasteiger partial charge in [0.15, 0.2) is 12.4 Å². The van der Waals surface area contributed by atoms with Crippen molar-refractivity contribution < 1.29 is 8.96 Å². The number of pyridine rings is 1. The molecule has 0 bridgehead atoms. The zero-order chi connectivity index (χ0) is 18.1. The number of benzene rings is 1. The number of fused-ring (bicyclic) bond motifs is 1. The van der Waals surface area contributed by atoms with Crippen LogP contribution in [0.1, 0.15) is 17.5 Å².